The first-order valence-corrected chi connectivity index (χ1v) is 8.91. The van der Waals surface area contributed by atoms with Crippen molar-refractivity contribution in [2.75, 3.05) is 19.7 Å². The predicted octanol–water partition coefficient (Wildman–Crippen LogP) is 1.02. The molecule has 21 heavy (non-hydrogen) atoms. The van der Waals surface area contributed by atoms with E-state index in [-0.39, 0.29) is 23.9 Å². The third kappa shape index (κ3) is 4.77. The van der Waals surface area contributed by atoms with Crippen molar-refractivity contribution in [2.45, 2.75) is 23.8 Å². The van der Waals surface area contributed by atoms with Crippen LogP contribution in [-0.2, 0) is 19.6 Å². The summed E-state index contributed by atoms with van der Waals surface area (Å²) in [5.41, 5.74) is 0. The van der Waals surface area contributed by atoms with Crippen molar-refractivity contribution in [2.24, 2.45) is 0 Å². The van der Waals surface area contributed by atoms with E-state index in [9.17, 15) is 13.2 Å². The molecule has 1 unspecified atom stereocenters. The Morgan fingerprint density at radius 1 is 1.29 bits per heavy atom. The van der Waals surface area contributed by atoms with Gasteiger partial charge in [0, 0.05) is 24.2 Å². The van der Waals surface area contributed by atoms with Crippen LogP contribution in [0.1, 0.15) is 12.8 Å². The summed E-state index contributed by atoms with van der Waals surface area (Å²) >= 11 is 3.25. The Labute approximate surface area is 132 Å². The van der Waals surface area contributed by atoms with Gasteiger partial charge in [0.25, 0.3) is 0 Å². The second-order valence-electron chi connectivity index (χ2n) is 4.64. The molecule has 1 aliphatic rings. The molecule has 0 bridgehead atoms. The van der Waals surface area contributed by atoms with E-state index >= 15 is 0 Å². The van der Waals surface area contributed by atoms with Crippen LogP contribution in [0.15, 0.2) is 33.6 Å². The van der Waals surface area contributed by atoms with E-state index in [1.54, 1.807) is 12.1 Å². The fraction of sp³-hybridized carbons (Fsp3) is 0.462. The van der Waals surface area contributed by atoms with E-state index in [1.807, 2.05) is 0 Å². The van der Waals surface area contributed by atoms with Crippen molar-refractivity contribution >= 4 is 31.9 Å². The van der Waals surface area contributed by atoms with Crippen LogP contribution in [0, 0.1) is 0 Å². The number of halogens is 1. The Kier molecular flexibility index (Phi) is 5.74. The minimum absolute atomic E-state index is 0.136. The van der Waals surface area contributed by atoms with Crippen LogP contribution in [0.25, 0.3) is 0 Å². The molecule has 1 aromatic rings. The van der Waals surface area contributed by atoms with E-state index < -0.39 is 16.1 Å². The molecule has 1 atom stereocenters. The standard InChI is InChI=1S/C13H17BrN2O4S/c14-10-3-5-11(6-4-10)21(18,19)16-8-7-15-13(17)12-2-1-9-20-12/h3-6,12,16H,1-2,7-9H2,(H,15,17). The van der Waals surface area contributed by atoms with Gasteiger partial charge in [-0.15, -0.1) is 0 Å². The molecule has 1 amide bonds. The van der Waals surface area contributed by atoms with Gasteiger partial charge in [0.1, 0.15) is 6.10 Å². The van der Waals surface area contributed by atoms with Crippen LogP contribution in [-0.4, -0.2) is 40.1 Å². The fourth-order valence-corrected chi connectivity index (χ4v) is 3.26. The third-order valence-corrected chi connectivity index (χ3v) is 5.07. The lowest BCUT2D eigenvalue weighted by Crippen LogP contribution is -2.39. The quantitative estimate of drug-likeness (QED) is 0.726. The maximum absolute atomic E-state index is 12.0. The first-order valence-electron chi connectivity index (χ1n) is 6.63. The zero-order chi connectivity index (χ0) is 15.3. The number of hydrogen-bond acceptors (Lipinski definition) is 4. The number of amides is 1. The van der Waals surface area contributed by atoms with Gasteiger partial charge in [-0.25, -0.2) is 13.1 Å². The van der Waals surface area contributed by atoms with Gasteiger partial charge in [0.15, 0.2) is 0 Å². The van der Waals surface area contributed by atoms with Crippen molar-refractivity contribution in [3.05, 3.63) is 28.7 Å². The molecule has 1 aliphatic heterocycles. The monoisotopic (exact) mass is 376 g/mol. The average molecular weight is 377 g/mol. The average Bonchev–Trinajstić information content (AvgIpc) is 2.98. The molecular formula is C13H17BrN2O4S. The summed E-state index contributed by atoms with van der Waals surface area (Å²) in [5.74, 6) is -0.185. The van der Waals surface area contributed by atoms with Gasteiger partial charge in [-0.3, -0.25) is 4.79 Å². The molecule has 0 radical (unpaired) electrons. The minimum Gasteiger partial charge on any atom is -0.368 e. The molecule has 116 valence electrons. The van der Waals surface area contributed by atoms with Crippen LogP contribution in [0.5, 0.6) is 0 Å². The second-order valence-corrected chi connectivity index (χ2v) is 7.33. The van der Waals surface area contributed by atoms with Crippen molar-refractivity contribution in [3.63, 3.8) is 0 Å². The summed E-state index contributed by atoms with van der Waals surface area (Å²) in [6.45, 7) is 0.972. The van der Waals surface area contributed by atoms with Crippen molar-refractivity contribution in [1.82, 2.24) is 10.0 Å². The summed E-state index contributed by atoms with van der Waals surface area (Å²) in [5, 5.41) is 2.66. The molecule has 8 heteroatoms. The highest BCUT2D eigenvalue weighted by atomic mass is 79.9. The molecule has 2 rings (SSSR count). The summed E-state index contributed by atoms with van der Waals surface area (Å²) in [4.78, 5) is 11.8. The Balaban J connectivity index is 1.77. The van der Waals surface area contributed by atoms with Crippen molar-refractivity contribution < 1.29 is 17.9 Å². The summed E-state index contributed by atoms with van der Waals surface area (Å²) in [6, 6.07) is 6.34. The lowest BCUT2D eigenvalue weighted by Gasteiger charge is -2.11. The molecule has 1 saturated heterocycles. The van der Waals surface area contributed by atoms with Gasteiger partial charge >= 0.3 is 0 Å². The Bertz CT molecular complexity index is 583. The molecule has 1 aromatic carbocycles. The Hall–Kier alpha value is -0.960. The lowest BCUT2D eigenvalue weighted by atomic mass is 10.2. The van der Waals surface area contributed by atoms with E-state index in [2.05, 4.69) is 26.0 Å². The molecule has 0 spiro atoms. The zero-order valence-corrected chi connectivity index (χ0v) is 13.7. The van der Waals surface area contributed by atoms with Crippen LogP contribution >= 0.6 is 15.9 Å². The number of carbonyl (C=O) groups is 1. The Morgan fingerprint density at radius 2 is 2.00 bits per heavy atom. The van der Waals surface area contributed by atoms with Gasteiger partial charge in [-0.05, 0) is 37.1 Å². The maximum Gasteiger partial charge on any atom is 0.249 e. The molecule has 1 fully saturated rings. The highest BCUT2D eigenvalue weighted by Crippen LogP contribution is 2.14. The van der Waals surface area contributed by atoms with Gasteiger partial charge in [-0.1, -0.05) is 15.9 Å². The molecular weight excluding hydrogens is 360 g/mol. The van der Waals surface area contributed by atoms with Gasteiger partial charge in [0.05, 0.1) is 4.90 Å². The van der Waals surface area contributed by atoms with E-state index in [1.165, 1.54) is 12.1 Å². The van der Waals surface area contributed by atoms with Gasteiger partial charge < -0.3 is 10.1 Å². The molecule has 6 nitrogen and oxygen atoms in total. The van der Waals surface area contributed by atoms with Crippen LogP contribution in [0.3, 0.4) is 0 Å². The predicted molar refractivity (Wildman–Crippen MR) is 81.3 cm³/mol. The second kappa shape index (κ2) is 7.35. The van der Waals surface area contributed by atoms with E-state index in [4.69, 9.17) is 4.74 Å². The zero-order valence-electron chi connectivity index (χ0n) is 11.3. The normalized spacial score (nSPS) is 18.6. The number of carbonyl (C=O) groups excluding carboxylic acids is 1. The van der Waals surface area contributed by atoms with Crippen LogP contribution in [0.2, 0.25) is 0 Å². The summed E-state index contributed by atoms with van der Waals surface area (Å²) in [6.07, 6.45) is 1.21. The lowest BCUT2D eigenvalue weighted by molar-refractivity contribution is -0.129. The molecule has 2 N–H and O–H groups in total. The van der Waals surface area contributed by atoms with E-state index in [0.29, 0.717) is 6.61 Å². The molecule has 0 aliphatic carbocycles. The minimum atomic E-state index is -3.55. The third-order valence-electron chi connectivity index (χ3n) is 3.06. The highest BCUT2D eigenvalue weighted by molar-refractivity contribution is 9.10. The number of benzene rings is 1. The Morgan fingerprint density at radius 3 is 2.62 bits per heavy atom. The SMILES string of the molecule is O=C(NCCNS(=O)(=O)c1ccc(Br)cc1)C1CCCO1. The van der Waals surface area contributed by atoms with Crippen LogP contribution < -0.4 is 10.0 Å². The van der Waals surface area contributed by atoms with Crippen LogP contribution in [0.4, 0.5) is 0 Å². The first kappa shape index (κ1) is 16.4. The smallest absolute Gasteiger partial charge is 0.249 e. The van der Waals surface area contributed by atoms with Gasteiger partial charge in [0.2, 0.25) is 15.9 Å². The number of rotatable bonds is 6. The molecule has 1 heterocycles. The van der Waals surface area contributed by atoms with Crippen molar-refractivity contribution in [3.8, 4) is 0 Å². The largest absolute Gasteiger partial charge is 0.368 e. The summed E-state index contributed by atoms with van der Waals surface area (Å²) in [7, 11) is -3.55. The molecule has 0 aromatic heterocycles. The number of ether oxygens (including phenoxy) is 1. The highest BCUT2D eigenvalue weighted by Gasteiger charge is 2.23. The fourth-order valence-electron chi connectivity index (χ4n) is 1.97. The van der Waals surface area contributed by atoms with Crippen molar-refractivity contribution in [1.29, 1.82) is 0 Å². The number of nitrogens with one attached hydrogen (secondary N) is 2. The number of sulfonamides is 1. The maximum atomic E-state index is 12.0. The van der Waals surface area contributed by atoms with E-state index in [0.717, 1.165) is 17.3 Å². The molecule has 0 saturated carbocycles. The summed E-state index contributed by atoms with van der Waals surface area (Å²) < 4.78 is 32.5. The first-order chi connectivity index (χ1) is 9.99. The topological polar surface area (TPSA) is 84.5 Å². The number of hydrogen-bond donors (Lipinski definition) is 2. The van der Waals surface area contributed by atoms with Gasteiger partial charge in [-0.2, -0.15) is 0 Å².